The van der Waals surface area contributed by atoms with Gasteiger partial charge in [0.15, 0.2) is 0 Å². The minimum absolute atomic E-state index is 0. The van der Waals surface area contributed by atoms with Crippen molar-refractivity contribution in [2.75, 3.05) is 4.90 Å². The first kappa shape index (κ1) is 24.8. The Bertz CT molecular complexity index is 1540. The molecule has 0 aliphatic carbocycles. The van der Waals surface area contributed by atoms with Crippen LogP contribution in [0.3, 0.4) is 0 Å². The Balaban J connectivity index is 0.00000280. The summed E-state index contributed by atoms with van der Waals surface area (Å²) in [5.41, 5.74) is 5.55. The second-order valence-electron chi connectivity index (χ2n) is 9.66. The monoisotopic (exact) mass is 665 g/mol. The maximum Gasteiger partial charge on any atom is 0.0598 e. The molecule has 0 radical (unpaired) electrons. The maximum atomic E-state index is 6.29. The first-order chi connectivity index (χ1) is 17.5. The summed E-state index contributed by atoms with van der Waals surface area (Å²) in [6.07, 6.45) is 8.91. The van der Waals surface area contributed by atoms with Crippen LogP contribution < -0.4 is 9.64 Å². The first-order valence-electron chi connectivity index (χ1n) is 11.8. The summed E-state index contributed by atoms with van der Waals surface area (Å²) in [4.78, 5) is 15.4. The Morgan fingerprint density at radius 3 is 2.54 bits per heavy atom. The maximum absolute atomic E-state index is 6.29. The molecule has 7 heteroatoms. The van der Waals surface area contributed by atoms with Gasteiger partial charge in [0.05, 0.1) is 5.75 Å². The van der Waals surface area contributed by atoms with E-state index in [-0.39, 0.29) is 26.5 Å². The number of hydrogen-bond acceptors (Lipinski definition) is 5. The second-order valence-corrected chi connectivity index (χ2v) is 9.66. The molecule has 0 spiro atoms. The van der Waals surface area contributed by atoms with E-state index in [1.807, 2.05) is 60.0 Å². The molecule has 4 heterocycles. The number of aromatic nitrogens is 4. The van der Waals surface area contributed by atoms with E-state index in [1.54, 1.807) is 18.6 Å². The van der Waals surface area contributed by atoms with E-state index in [2.05, 4.69) is 71.0 Å². The molecular formula is C30H24N5OPt-3. The van der Waals surface area contributed by atoms with Crippen molar-refractivity contribution in [2.24, 2.45) is 0 Å². The molecule has 2 aromatic carbocycles. The fourth-order valence-corrected chi connectivity index (χ4v) is 4.21. The Hall–Kier alpha value is -3.89. The van der Waals surface area contributed by atoms with Crippen LogP contribution in [0.5, 0.6) is 11.5 Å². The van der Waals surface area contributed by atoms with Crippen LogP contribution in [0.2, 0.25) is 0 Å². The van der Waals surface area contributed by atoms with Crippen LogP contribution >= 0.6 is 0 Å². The summed E-state index contributed by atoms with van der Waals surface area (Å²) in [5.74, 6) is 2.01. The number of rotatable bonds is 4. The van der Waals surface area contributed by atoms with Gasteiger partial charge in [-0.2, -0.15) is 0 Å². The molecule has 0 unspecified atom stereocenters. The Morgan fingerprint density at radius 1 is 0.892 bits per heavy atom. The average molecular weight is 666 g/mol. The number of para-hydroxylation sites is 1. The summed E-state index contributed by atoms with van der Waals surface area (Å²) in [5, 5.41) is 0. The minimum atomic E-state index is -0.102. The number of imidazole rings is 1. The van der Waals surface area contributed by atoms with Crippen molar-refractivity contribution in [3.05, 3.63) is 110 Å². The van der Waals surface area contributed by atoms with Gasteiger partial charge < -0.3 is 29.2 Å². The smallest absolute Gasteiger partial charge is 0.0598 e. The number of benzene rings is 2. The standard InChI is InChI=1S/C30H24N5O.Pt/c1-30(2,3)22-15-23(35-20-34-13-12-33-29(34)26-8-4-5-10-28(26)35)17-24(16-22)36-25-14-21(18-31-19-25)27-9-6-7-11-32-27;/h4-13,15-16,18-20H,1-3H3;/q-3;. The van der Waals surface area contributed by atoms with Gasteiger partial charge in [0.1, 0.15) is 0 Å². The number of anilines is 2. The molecule has 1 aliphatic heterocycles. The van der Waals surface area contributed by atoms with Gasteiger partial charge in [-0.25, -0.2) is 0 Å². The normalized spacial score (nSPS) is 12.1. The van der Waals surface area contributed by atoms with Crippen molar-refractivity contribution in [3.8, 4) is 34.1 Å². The van der Waals surface area contributed by atoms with Crippen LogP contribution in [-0.4, -0.2) is 19.5 Å². The number of hydrogen-bond donors (Lipinski definition) is 0. The van der Waals surface area contributed by atoms with Gasteiger partial charge in [-0.05, 0) is 47.9 Å². The predicted octanol–water partition coefficient (Wildman–Crippen LogP) is 6.81. The van der Waals surface area contributed by atoms with Gasteiger partial charge in [0.25, 0.3) is 0 Å². The van der Waals surface area contributed by atoms with Crippen LogP contribution in [0.4, 0.5) is 11.4 Å². The largest absolute Gasteiger partial charge is 0.501 e. The van der Waals surface area contributed by atoms with Gasteiger partial charge >= 0.3 is 0 Å². The van der Waals surface area contributed by atoms with Crippen LogP contribution in [-0.2, 0) is 26.5 Å². The van der Waals surface area contributed by atoms with Crippen molar-refractivity contribution in [3.63, 3.8) is 0 Å². The molecule has 0 fully saturated rings. The van der Waals surface area contributed by atoms with Crippen LogP contribution in [0.1, 0.15) is 26.3 Å². The van der Waals surface area contributed by atoms with Crippen molar-refractivity contribution in [2.45, 2.75) is 26.2 Å². The topological polar surface area (TPSA) is 56.1 Å². The van der Waals surface area contributed by atoms with Gasteiger partial charge in [-0.15, -0.1) is 29.3 Å². The zero-order chi connectivity index (χ0) is 24.7. The zero-order valence-electron chi connectivity index (χ0n) is 20.6. The summed E-state index contributed by atoms with van der Waals surface area (Å²) < 4.78 is 8.31. The Morgan fingerprint density at radius 2 is 1.73 bits per heavy atom. The average Bonchev–Trinajstić information content (AvgIpc) is 3.37. The minimum Gasteiger partial charge on any atom is -0.501 e. The fraction of sp³-hybridized carbons (Fsp3) is 0.133. The van der Waals surface area contributed by atoms with Gasteiger partial charge in [-0.1, -0.05) is 75.3 Å². The summed E-state index contributed by atoms with van der Waals surface area (Å²) >= 11 is 0. The third-order valence-corrected chi connectivity index (χ3v) is 6.08. The van der Waals surface area contributed by atoms with Crippen molar-refractivity contribution < 1.29 is 25.8 Å². The van der Waals surface area contributed by atoms with Crippen molar-refractivity contribution >= 4 is 11.4 Å². The fourth-order valence-electron chi connectivity index (χ4n) is 4.21. The summed E-state index contributed by atoms with van der Waals surface area (Å²) in [6, 6.07) is 25.0. The Labute approximate surface area is 231 Å². The van der Waals surface area contributed by atoms with E-state index in [9.17, 15) is 0 Å². The molecule has 0 N–H and O–H groups in total. The first-order valence-corrected chi connectivity index (χ1v) is 11.8. The van der Waals surface area contributed by atoms with Crippen molar-refractivity contribution in [1.29, 1.82) is 0 Å². The van der Waals surface area contributed by atoms with Crippen LogP contribution in [0, 0.1) is 18.8 Å². The number of ether oxygens (including phenoxy) is 1. The van der Waals surface area contributed by atoms with Crippen LogP contribution in [0.15, 0.2) is 85.6 Å². The van der Waals surface area contributed by atoms with Gasteiger partial charge in [0, 0.05) is 44.5 Å². The van der Waals surface area contributed by atoms with Crippen molar-refractivity contribution in [1.82, 2.24) is 19.5 Å². The van der Waals surface area contributed by atoms with E-state index >= 15 is 0 Å². The van der Waals surface area contributed by atoms with Gasteiger partial charge in [0.2, 0.25) is 0 Å². The van der Waals surface area contributed by atoms with E-state index in [0.29, 0.717) is 11.5 Å². The molecule has 5 aromatic rings. The van der Waals surface area contributed by atoms with E-state index < -0.39 is 0 Å². The molecule has 0 saturated heterocycles. The third kappa shape index (κ3) is 4.90. The van der Waals surface area contributed by atoms with E-state index in [1.165, 1.54) is 0 Å². The quantitative estimate of drug-likeness (QED) is 0.198. The molecule has 37 heavy (non-hydrogen) atoms. The third-order valence-electron chi connectivity index (χ3n) is 6.08. The number of fused-ring (bicyclic) bond motifs is 3. The molecule has 0 bridgehead atoms. The number of nitrogens with zero attached hydrogens (tertiary/aromatic N) is 5. The molecule has 0 amide bonds. The molecule has 1 aliphatic rings. The summed E-state index contributed by atoms with van der Waals surface area (Å²) in [6.45, 7) is 8.59. The molecule has 6 nitrogen and oxygen atoms in total. The molecule has 6 rings (SSSR count). The zero-order valence-corrected chi connectivity index (χ0v) is 22.9. The molecule has 188 valence electrons. The van der Waals surface area contributed by atoms with E-state index in [4.69, 9.17) is 4.74 Å². The van der Waals surface area contributed by atoms with Gasteiger partial charge in [-0.3, -0.25) is 0 Å². The van der Waals surface area contributed by atoms with Crippen LogP contribution in [0.25, 0.3) is 22.6 Å². The SMILES string of the molecule is CC(C)(C)c1cc(Oc2[c-]c(-c3ccccn3)cnc2)[c-]c(N2[CH-]n3ccnc3-c3ccccc32)c1.[Pt]. The molecule has 0 atom stereocenters. The predicted molar refractivity (Wildman–Crippen MR) is 140 cm³/mol. The molecular weight excluding hydrogens is 641 g/mol. The Kier molecular flexibility index (Phi) is 6.61. The van der Waals surface area contributed by atoms with E-state index in [0.717, 1.165) is 39.6 Å². The molecule has 3 aromatic heterocycles. The number of pyridine rings is 2. The summed E-state index contributed by atoms with van der Waals surface area (Å²) in [7, 11) is 0. The second kappa shape index (κ2) is 9.87. The molecule has 0 saturated carbocycles.